The molecule has 14 heavy (non-hydrogen) atoms. The number of nitrogens with two attached hydrogens (primary N) is 1. The lowest BCUT2D eigenvalue weighted by Gasteiger charge is -2.42. The van der Waals surface area contributed by atoms with Crippen molar-refractivity contribution in [1.29, 1.82) is 0 Å². The van der Waals surface area contributed by atoms with E-state index in [2.05, 4.69) is 23.8 Å². The summed E-state index contributed by atoms with van der Waals surface area (Å²) in [5, 5.41) is 0. The smallest absolute Gasteiger partial charge is 0.0235 e. The van der Waals surface area contributed by atoms with E-state index in [1.54, 1.807) is 0 Å². The van der Waals surface area contributed by atoms with Crippen LogP contribution < -0.4 is 5.73 Å². The second-order valence-electron chi connectivity index (χ2n) is 4.89. The number of nitrogens with zero attached hydrogens (tertiary/aromatic N) is 2. The Kier molecular flexibility index (Phi) is 3.10. The highest BCUT2D eigenvalue weighted by Crippen LogP contribution is 2.27. The van der Waals surface area contributed by atoms with Gasteiger partial charge in [-0.25, -0.2) is 0 Å². The van der Waals surface area contributed by atoms with Gasteiger partial charge in [0.15, 0.2) is 0 Å². The molecule has 1 saturated heterocycles. The average Bonchev–Trinajstić information content (AvgIpc) is 2.60. The quantitative estimate of drug-likeness (QED) is 0.715. The van der Waals surface area contributed by atoms with Gasteiger partial charge in [0, 0.05) is 24.7 Å². The standard InChI is InChI=1S/C11H23N3/c1-3-14-5-4-10(8-14)13(2)11-6-9(12)7-11/h9-11H,3-8,12H2,1-2H3. The topological polar surface area (TPSA) is 32.5 Å². The lowest BCUT2D eigenvalue weighted by molar-refractivity contribution is 0.0971. The summed E-state index contributed by atoms with van der Waals surface area (Å²) in [4.78, 5) is 5.11. The summed E-state index contributed by atoms with van der Waals surface area (Å²) in [5.74, 6) is 0. The normalized spacial score (nSPS) is 39.0. The van der Waals surface area contributed by atoms with Gasteiger partial charge >= 0.3 is 0 Å². The summed E-state index contributed by atoms with van der Waals surface area (Å²) in [6.07, 6.45) is 3.76. The minimum atomic E-state index is 0.478. The predicted molar refractivity (Wildman–Crippen MR) is 59.3 cm³/mol. The Morgan fingerprint density at radius 1 is 1.36 bits per heavy atom. The van der Waals surface area contributed by atoms with E-state index in [-0.39, 0.29) is 0 Å². The summed E-state index contributed by atoms with van der Waals surface area (Å²) >= 11 is 0. The molecule has 1 heterocycles. The van der Waals surface area contributed by atoms with E-state index in [4.69, 9.17) is 5.73 Å². The molecule has 0 radical (unpaired) electrons. The summed E-state index contributed by atoms with van der Waals surface area (Å²) in [7, 11) is 2.28. The number of hydrogen-bond donors (Lipinski definition) is 1. The van der Waals surface area contributed by atoms with Crippen LogP contribution in [0.3, 0.4) is 0 Å². The van der Waals surface area contributed by atoms with Crippen molar-refractivity contribution >= 4 is 0 Å². The Morgan fingerprint density at radius 2 is 2.07 bits per heavy atom. The van der Waals surface area contributed by atoms with E-state index in [0.29, 0.717) is 6.04 Å². The van der Waals surface area contributed by atoms with Crippen LogP contribution >= 0.6 is 0 Å². The van der Waals surface area contributed by atoms with Crippen LogP contribution in [0.15, 0.2) is 0 Å². The number of rotatable bonds is 3. The van der Waals surface area contributed by atoms with Crippen LogP contribution in [0.1, 0.15) is 26.2 Å². The van der Waals surface area contributed by atoms with Crippen molar-refractivity contribution in [3.63, 3.8) is 0 Å². The van der Waals surface area contributed by atoms with Crippen molar-refractivity contribution in [2.24, 2.45) is 5.73 Å². The van der Waals surface area contributed by atoms with Gasteiger partial charge < -0.3 is 10.6 Å². The van der Waals surface area contributed by atoms with E-state index in [9.17, 15) is 0 Å². The van der Waals surface area contributed by atoms with Crippen molar-refractivity contribution in [2.75, 3.05) is 26.7 Å². The lowest BCUT2D eigenvalue weighted by atomic mass is 9.86. The van der Waals surface area contributed by atoms with Crippen molar-refractivity contribution < 1.29 is 0 Å². The maximum atomic E-state index is 5.82. The van der Waals surface area contributed by atoms with Crippen LogP contribution in [-0.4, -0.2) is 54.6 Å². The van der Waals surface area contributed by atoms with Crippen molar-refractivity contribution in [3.8, 4) is 0 Å². The number of likely N-dealkylation sites (tertiary alicyclic amines) is 1. The van der Waals surface area contributed by atoms with E-state index in [1.807, 2.05) is 0 Å². The molecule has 1 aliphatic heterocycles. The van der Waals surface area contributed by atoms with Gasteiger partial charge in [-0.05, 0) is 39.4 Å². The van der Waals surface area contributed by atoms with Gasteiger partial charge in [0.25, 0.3) is 0 Å². The predicted octanol–water partition coefficient (Wildman–Crippen LogP) is 0.502. The number of hydrogen-bond acceptors (Lipinski definition) is 3. The molecule has 0 amide bonds. The average molecular weight is 197 g/mol. The van der Waals surface area contributed by atoms with Crippen LogP contribution in [-0.2, 0) is 0 Å². The molecule has 2 N–H and O–H groups in total. The third kappa shape index (κ3) is 1.95. The third-order valence-corrected chi connectivity index (χ3v) is 4.00. The van der Waals surface area contributed by atoms with Crippen LogP contribution in [0.25, 0.3) is 0 Å². The maximum Gasteiger partial charge on any atom is 0.0235 e. The molecule has 2 aliphatic rings. The molecule has 0 aromatic carbocycles. The van der Waals surface area contributed by atoms with E-state index >= 15 is 0 Å². The highest BCUT2D eigenvalue weighted by molar-refractivity contribution is 4.93. The molecule has 3 heteroatoms. The van der Waals surface area contributed by atoms with Crippen LogP contribution in [0, 0.1) is 0 Å². The van der Waals surface area contributed by atoms with Crippen LogP contribution in [0.2, 0.25) is 0 Å². The zero-order valence-corrected chi connectivity index (χ0v) is 9.45. The molecule has 0 aromatic rings. The van der Waals surface area contributed by atoms with E-state index in [1.165, 1.54) is 38.9 Å². The van der Waals surface area contributed by atoms with Gasteiger partial charge in [-0.15, -0.1) is 0 Å². The van der Waals surface area contributed by atoms with Gasteiger partial charge in [-0.3, -0.25) is 4.90 Å². The van der Waals surface area contributed by atoms with Crippen molar-refractivity contribution in [1.82, 2.24) is 9.80 Å². The zero-order chi connectivity index (χ0) is 10.1. The molecule has 0 bridgehead atoms. The first kappa shape index (κ1) is 10.4. The maximum absolute atomic E-state index is 5.82. The molecule has 2 fully saturated rings. The third-order valence-electron chi connectivity index (χ3n) is 4.00. The van der Waals surface area contributed by atoms with E-state index in [0.717, 1.165) is 12.1 Å². The Labute approximate surface area is 87.2 Å². The Bertz CT molecular complexity index is 189. The molecule has 1 aliphatic carbocycles. The molecular weight excluding hydrogens is 174 g/mol. The van der Waals surface area contributed by atoms with Gasteiger partial charge in [0.05, 0.1) is 0 Å². The molecule has 0 aromatic heterocycles. The minimum absolute atomic E-state index is 0.478. The van der Waals surface area contributed by atoms with Gasteiger partial charge in [0.1, 0.15) is 0 Å². The van der Waals surface area contributed by atoms with E-state index < -0.39 is 0 Å². The van der Waals surface area contributed by atoms with Crippen LogP contribution in [0.4, 0.5) is 0 Å². The van der Waals surface area contributed by atoms with Crippen LogP contribution in [0.5, 0.6) is 0 Å². The number of likely N-dealkylation sites (N-methyl/N-ethyl adjacent to an activating group) is 2. The first-order chi connectivity index (χ1) is 6.70. The second-order valence-corrected chi connectivity index (χ2v) is 4.89. The lowest BCUT2D eigenvalue weighted by Crippen LogP contribution is -2.53. The summed E-state index contributed by atoms with van der Waals surface area (Å²) in [6.45, 7) is 6.00. The molecular formula is C11H23N3. The fraction of sp³-hybridized carbons (Fsp3) is 1.00. The Morgan fingerprint density at radius 3 is 2.57 bits per heavy atom. The summed E-state index contributed by atoms with van der Waals surface area (Å²) in [5.41, 5.74) is 5.82. The van der Waals surface area contributed by atoms with Gasteiger partial charge in [0.2, 0.25) is 0 Å². The molecule has 3 nitrogen and oxygen atoms in total. The molecule has 1 saturated carbocycles. The highest BCUT2D eigenvalue weighted by atomic mass is 15.3. The molecule has 0 spiro atoms. The SMILES string of the molecule is CCN1CCC(N(C)C2CC(N)C2)C1. The zero-order valence-electron chi connectivity index (χ0n) is 9.45. The fourth-order valence-corrected chi connectivity index (χ4v) is 2.69. The van der Waals surface area contributed by atoms with Crippen molar-refractivity contribution in [2.45, 2.75) is 44.3 Å². The summed E-state index contributed by atoms with van der Waals surface area (Å²) < 4.78 is 0. The molecule has 1 atom stereocenters. The highest BCUT2D eigenvalue weighted by Gasteiger charge is 2.34. The molecule has 1 unspecified atom stereocenters. The van der Waals surface area contributed by atoms with Crippen molar-refractivity contribution in [3.05, 3.63) is 0 Å². The van der Waals surface area contributed by atoms with Gasteiger partial charge in [-0.1, -0.05) is 6.92 Å². The molecule has 2 rings (SSSR count). The first-order valence-electron chi connectivity index (χ1n) is 5.90. The molecule has 82 valence electrons. The Balaban J connectivity index is 1.78. The summed E-state index contributed by atoms with van der Waals surface area (Å²) in [6, 6.07) is 2.03. The van der Waals surface area contributed by atoms with Gasteiger partial charge in [-0.2, -0.15) is 0 Å². The first-order valence-corrected chi connectivity index (χ1v) is 5.90. The monoisotopic (exact) mass is 197 g/mol. The Hall–Kier alpha value is -0.120. The minimum Gasteiger partial charge on any atom is -0.328 e. The largest absolute Gasteiger partial charge is 0.328 e. The fourth-order valence-electron chi connectivity index (χ4n) is 2.69. The second kappa shape index (κ2) is 4.17.